The van der Waals surface area contributed by atoms with Gasteiger partial charge in [-0.2, -0.15) is 0 Å². The number of ether oxygens (including phenoxy) is 2. The minimum Gasteiger partial charge on any atom is -0.462 e. The van der Waals surface area contributed by atoms with Crippen LogP contribution in [-0.2, 0) is 32.7 Å². The molecule has 0 amide bonds. The van der Waals surface area contributed by atoms with Gasteiger partial charge in [-0.3, -0.25) is 18.6 Å². The fourth-order valence-electron chi connectivity index (χ4n) is 4.50. The zero-order valence-corrected chi connectivity index (χ0v) is 28.5. The molecule has 0 spiro atoms. The van der Waals surface area contributed by atoms with Gasteiger partial charge in [-0.1, -0.05) is 128 Å². The van der Waals surface area contributed by atoms with Gasteiger partial charge in [0, 0.05) is 20.0 Å². The first-order valence-corrected chi connectivity index (χ1v) is 18.5. The molecule has 0 fully saturated rings. The molecule has 252 valence electrons. The minimum absolute atomic E-state index is 0.228. The lowest BCUT2D eigenvalue weighted by atomic mass is 10.1. The van der Waals surface area contributed by atoms with Crippen LogP contribution in [0.25, 0.3) is 0 Å². The molecule has 0 rings (SSSR count). The second kappa shape index (κ2) is 30.6. The van der Waals surface area contributed by atoms with Gasteiger partial charge in [0.1, 0.15) is 6.61 Å². The summed E-state index contributed by atoms with van der Waals surface area (Å²) in [5.74, 6) is -0.822. The summed E-state index contributed by atoms with van der Waals surface area (Å²) in [4.78, 5) is 34.1. The van der Waals surface area contributed by atoms with Crippen LogP contribution in [0.15, 0.2) is 24.3 Å². The summed E-state index contributed by atoms with van der Waals surface area (Å²) in [5.41, 5.74) is 0. The molecule has 0 aliphatic heterocycles. The fraction of sp³-hybridized carbons (Fsp3) is 0.824. The Morgan fingerprint density at radius 3 is 1.70 bits per heavy atom. The zero-order valence-electron chi connectivity index (χ0n) is 27.6. The van der Waals surface area contributed by atoms with E-state index in [-0.39, 0.29) is 19.0 Å². The predicted molar refractivity (Wildman–Crippen MR) is 175 cm³/mol. The van der Waals surface area contributed by atoms with E-state index in [0.717, 1.165) is 71.3 Å². The normalized spacial score (nSPS) is 13.9. The van der Waals surface area contributed by atoms with Crippen LogP contribution in [0.1, 0.15) is 155 Å². The quantitative estimate of drug-likeness (QED) is 0.0349. The summed E-state index contributed by atoms with van der Waals surface area (Å²) < 4.78 is 31.7. The lowest BCUT2D eigenvalue weighted by Gasteiger charge is -2.19. The molecule has 0 aromatic heterocycles. The monoisotopic (exact) mass is 630 g/mol. The van der Waals surface area contributed by atoms with Crippen molar-refractivity contribution in [2.24, 2.45) is 0 Å². The minimum atomic E-state index is -4.25. The van der Waals surface area contributed by atoms with Crippen molar-refractivity contribution in [2.45, 2.75) is 161 Å². The highest BCUT2D eigenvalue weighted by molar-refractivity contribution is 7.47. The number of hydrogen-bond acceptors (Lipinski definition) is 7. The summed E-state index contributed by atoms with van der Waals surface area (Å²) in [6, 6.07) is 0. The topological polar surface area (TPSA) is 108 Å². The smallest absolute Gasteiger partial charge is 0.462 e. The van der Waals surface area contributed by atoms with Gasteiger partial charge < -0.3 is 14.4 Å². The molecule has 0 heterocycles. The lowest BCUT2D eigenvalue weighted by Crippen LogP contribution is -2.29. The van der Waals surface area contributed by atoms with Crippen molar-refractivity contribution in [1.29, 1.82) is 0 Å². The highest BCUT2D eigenvalue weighted by Gasteiger charge is 2.24. The molecular weight excluding hydrogens is 567 g/mol. The molecule has 0 bridgehead atoms. The van der Waals surface area contributed by atoms with Crippen LogP contribution in [0.4, 0.5) is 0 Å². The summed E-state index contributed by atoms with van der Waals surface area (Å²) in [7, 11) is -3.20. The SMILES string of the molecule is CCCC/C=C\C/C=C\CCCCCCCC(=O)OC(COC(=O)CCCCCCCCCCCC)COP(=O)(O)OC. The summed E-state index contributed by atoms with van der Waals surface area (Å²) in [6.45, 7) is 3.80. The Hall–Kier alpha value is -1.47. The third-order valence-electron chi connectivity index (χ3n) is 7.20. The predicted octanol–water partition coefficient (Wildman–Crippen LogP) is 9.94. The van der Waals surface area contributed by atoms with E-state index in [9.17, 15) is 19.0 Å². The van der Waals surface area contributed by atoms with Gasteiger partial charge in [0.15, 0.2) is 6.10 Å². The molecule has 0 radical (unpaired) electrons. The van der Waals surface area contributed by atoms with Gasteiger partial charge in [0.05, 0.1) is 6.61 Å². The summed E-state index contributed by atoms with van der Waals surface area (Å²) in [6.07, 6.45) is 30.8. The van der Waals surface area contributed by atoms with Crippen molar-refractivity contribution in [3.63, 3.8) is 0 Å². The van der Waals surface area contributed by atoms with E-state index in [1.807, 2.05) is 0 Å². The van der Waals surface area contributed by atoms with Crippen molar-refractivity contribution in [2.75, 3.05) is 20.3 Å². The van der Waals surface area contributed by atoms with E-state index in [1.165, 1.54) is 57.8 Å². The van der Waals surface area contributed by atoms with Crippen LogP contribution in [0, 0.1) is 0 Å². The van der Waals surface area contributed by atoms with Crippen molar-refractivity contribution >= 4 is 19.8 Å². The molecule has 0 aromatic rings. The molecular formula is C34H63O8P. The van der Waals surface area contributed by atoms with Gasteiger partial charge in [-0.05, 0) is 38.5 Å². The third-order valence-corrected chi connectivity index (χ3v) is 8.14. The number of phosphoric ester groups is 1. The van der Waals surface area contributed by atoms with Crippen LogP contribution in [-0.4, -0.2) is 43.3 Å². The second-order valence-corrected chi connectivity index (χ2v) is 12.9. The van der Waals surface area contributed by atoms with Crippen LogP contribution in [0.5, 0.6) is 0 Å². The standard InChI is InChI=1S/C34H63O8P/c1-4-6-8-10-12-14-16-17-18-19-21-23-25-27-29-34(36)42-32(31-41-43(37,38)39-3)30-40-33(35)28-26-24-22-20-15-13-11-9-7-5-2/h10,12,16-17,32H,4-9,11,13-15,18-31H2,1-3H3,(H,37,38)/b12-10-,17-16-. The van der Waals surface area contributed by atoms with Crippen molar-refractivity contribution in [3.8, 4) is 0 Å². The molecule has 43 heavy (non-hydrogen) atoms. The van der Waals surface area contributed by atoms with E-state index in [4.69, 9.17) is 14.0 Å². The molecule has 9 heteroatoms. The fourth-order valence-corrected chi connectivity index (χ4v) is 4.96. The van der Waals surface area contributed by atoms with Crippen LogP contribution < -0.4 is 0 Å². The molecule has 1 N–H and O–H groups in total. The maximum Gasteiger partial charge on any atom is 0.472 e. The van der Waals surface area contributed by atoms with Gasteiger partial charge in [0.25, 0.3) is 0 Å². The number of esters is 2. The Balaban J connectivity index is 4.14. The number of unbranched alkanes of at least 4 members (excludes halogenated alkanes) is 16. The first-order valence-electron chi connectivity index (χ1n) is 17.0. The Kier molecular flexibility index (Phi) is 29.5. The number of phosphoric acid groups is 1. The second-order valence-electron chi connectivity index (χ2n) is 11.3. The average molecular weight is 631 g/mol. The largest absolute Gasteiger partial charge is 0.472 e. The average Bonchev–Trinajstić information content (AvgIpc) is 2.99. The number of rotatable bonds is 31. The Morgan fingerprint density at radius 1 is 0.651 bits per heavy atom. The maximum absolute atomic E-state index is 12.4. The molecule has 0 saturated carbocycles. The number of carbonyl (C=O) groups excluding carboxylic acids is 2. The molecule has 0 aromatic carbocycles. The molecule has 2 atom stereocenters. The lowest BCUT2D eigenvalue weighted by molar-refractivity contribution is -0.161. The van der Waals surface area contributed by atoms with Crippen molar-refractivity contribution in [3.05, 3.63) is 24.3 Å². The molecule has 0 aliphatic rings. The Bertz CT molecular complexity index is 767. The first-order chi connectivity index (χ1) is 20.8. The summed E-state index contributed by atoms with van der Waals surface area (Å²) in [5, 5.41) is 0. The van der Waals surface area contributed by atoms with Gasteiger partial charge in [0.2, 0.25) is 0 Å². The molecule has 8 nitrogen and oxygen atoms in total. The highest BCUT2D eigenvalue weighted by Crippen LogP contribution is 2.42. The van der Waals surface area contributed by atoms with Gasteiger partial charge in [-0.25, -0.2) is 4.57 Å². The molecule has 2 unspecified atom stereocenters. The maximum atomic E-state index is 12.4. The highest BCUT2D eigenvalue weighted by atomic mass is 31.2. The van der Waals surface area contributed by atoms with Crippen LogP contribution in [0.3, 0.4) is 0 Å². The van der Waals surface area contributed by atoms with Crippen molar-refractivity contribution in [1.82, 2.24) is 0 Å². The van der Waals surface area contributed by atoms with E-state index >= 15 is 0 Å². The number of carbonyl (C=O) groups is 2. The first kappa shape index (κ1) is 41.5. The van der Waals surface area contributed by atoms with Gasteiger partial charge >= 0.3 is 19.8 Å². The van der Waals surface area contributed by atoms with Gasteiger partial charge in [-0.15, -0.1) is 0 Å². The Labute approximate surface area is 263 Å². The Morgan fingerprint density at radius 2 is 1.14 bits per heavy atom. The van der Waals surface area contributed by atoms with E-state index in [1.54, 1.807) is 0 Å². The molecule has 0 aliphatic carbocycles. The van der Waals surface area contributed by atoms with E-state index < -0.39 is 26.5 Å². The number of allylic oxidation sites excluding steroid dienone is 4. The molecule has 0 saturated heterocycles. The zero-order chi connectivity index (χ0) is 31.9. The van der Waals surface area contributed by atoms with E-state index in [0.29, 0.717) is 12.8 Å². The van der Waals surface area contributed by atoms with Crippen molar-refractivity contribution < 1.29 is 37.6 Å². The van der Waals surface area contributed by atoms with Crippen LogP contribution >= 0.6 is 7.82 Å². The third kappa shape index (κ3) is 30.3. The summed E-state index contributed by atoms with van der Waals surface area (Å²) >= 11 is 0. The number of hydrogen-bond donors (Lipinski definition) is 1. The van der Waals surface area contributed by atoms with E-state index in [2.05, 4.69) is 42.7 Å². The van der Waals surface area contributed by atoms with Crippen LogP contribution in [0.2, 0.25) is 0 Å².